The third-order valence-electron chi connectivity index (χ3n) is 2.11. The first-order valence-electron chi connectivity index (χ1n) is 5.29. The zero-order valence-corrected chi connectivity index (χ0v) is 9.40. The maximum Gasteiger partial charge on any atom is 0.297 e. The van der Waals surface area contributed by atoms with Crippen molar-refractivity contribution in [3.8, 4) is 0 Å². The smallest absolute Gasteiger partial charge is 0.297 e. The van der Waals surface area contributed by atoms with Crippen molar-refractivity contribution in [2.45, 2.75) is 20.4 Å². The van der Waals surface area contributed by atoms with Gasteiger partial charge in [0.1, 0.15) is 6.26 Å². The average molecular weight is 213 g/mol. The molecule has 0 aromatic carbocycles. The van der Waals surface area contributed by atoms with Crippen molar-refractivity contribution in [3.05, 3.63) is 12.0 Å². The molecule has 0 aliphatic rings. The van der Waals surface area contributed by atoms with E-state index in [1.807, 2.05) is 11.8 Å². The Morgan fingerprint density at radius 1 is 1.53 bits per heavy atom. The molecular formula is C10H19N3O2. The molecule has 0 amide bonds. The summed E-state index contributed by atoms with van der Waals surface area (Å²) in [7, 11) is 0. The van der Waals surface area contributed by atoms with Crippen molar-refractivity contribution in [3.63, 3.8) is 0 Å². The normalized spacial score (nSPS) is 10.6. The fourth-order valence-electron chi connectivity index (χ4n) is 1.24. The van der Waals surface area contributed by atoms with Crippen molar-refractivity contribution in [2.24, 2.45) is 5.73 Å². The fraction of sp³-hybridized carbons (Fsp3) is 0.700. The number of likely N-dealkylation sites (N-methyl/N-ethyl adjacent to an activating group) is 1. The number of hydrogen-bond acceptors (Lipinski definition) is 5. The highest BCUT2D eigenvalue weighted by Crippen LogP contribution is 2.12. The number of hydrogen-bond donors (Lipinski definition) is 1. The van der Waals surface area contributed by atoms with Crippen LogP contribution < -0.4 is 10.6 Å². The summed E-state index contributed by atoms with van der Waals surface area (Å²) in [5, 5.41) is 0. The van der Waals surface area contributed by atoms with Crippen LogP contribution in [0.3, 0.4) is 0 Å². The molecule has 15 heavy (non-hydrogen) atoms. The van der Waals surface area contributed by atoms with Crippen molar-refractivity contribution < 1.29 is 9.15 Å². The van der Waals surface area contributed by atoms with Gasteiger partial charge in [0.05, 0.1) is 12.3 Å². The molecule has 0 aliphatic carbocycles. The number of nitrogens with zero attached hydrogens (tertiary/aromatic N) is 2. The molecule has 0 unspecified atom stereocenters. The number of aromatic nitrogens is 1. The van der Waals surface area contributed by atoms with Gasteiger partial charge in [-0.05, 0) is 13.8 Å². The number of nitrogens with two attached hydrogens (primary N) is 1. The van der Waals surface area contributed by atoms with Crippen molar-refractivity contribution in [1.29, 1.82) is 0 Å². The maximum atomic E-state index is 5.46. The highest BCUT2D eigenvalue weighted by atomic mass is 16.5. The fourth-order valence-corrected chi connectivity index (χ4v) is 1.24. The summed E-state index contributed by atoms with van der Waals surface area (Å²) < 4.78 is 10.6. The van der Waals surface area contributed by atoms with E-state index < -0.39 is 0 Å². The van der Waals surface area contributed by atoms with E-state index in [1.54, 1.807) is 6.26 Å². The predicted molar refractivity (Wildman–Crippen MR) is 58.8 cm³/mol. The van der Waals surface area contributed by atoms with Gasteiger partial charge in [-0.2, -0.15) is 4.98 Å². The third kappa shape index (κ3) is 3.53. The molecular weight excluding hydrogens is 194 g/mol. The minimum absolute atomic E-state index is 0.409. The van der Waals surface area contributed by atoms with Gasteiger partial charge in [-0.15, -0.1) is 0 Å². The lowest BCUT2D eigenvalue weighted by molar-refractivity contribution is 0.153. The number of rotatable bonds is 7. The van der Waals surface area contributed by atoms with E-state index in [-0.39, 0.29) is 0 Å². The first kappa shape index (κ1) is 12.0. The highest BCUT2D eigenvalue weighted by Gasteiger charge is 2.10. The topological polar surface area (TPSA) is 64.5 Å². The summed E-state index contributed by atoms with van der Waals surface area (Å²) in [5.74, 6) is 0. The number of oxazole rings is 1. The zero-order chi connectivity index (χ0) is 11.1. The van der Waals surface area contributed by atoms with Crippen LogP contribution in [0, 0.1) is 0 Å². The Bertz CT molecular complexity index is 275. The molecule has 1 aromatic rings. The minimum atomic E-state index is 0.409. The molecule has 2 N–H and O–H groups in total. The summed E-state index contributed by atoms with van der Waals surface area (Å²) in [6.45, 7) is 7.49. The SMILES string of the molecule is CCOCCN(CC)c1nc(CN)co1. The Kier molecular flexibility index (Phi) is 5.14. The molecule has 0 bridgehead atoms. The van der Waals surface area contributed by atoms with Crippen LogP contribution in [0.15, 0.2) is 10.7 Å². The quantitative estimate of drug-likeness (QED) is 0.684. The van der Waals surface area contributed by atoms with Crippen LogP contribution >= 0.6 is 0 Å². The molecule has 1 heterocycles. The molecule has 86 valence electrons. The van der Waals surface area contributed by atoms with E-state index in [4.69, 9.17) is 14.9 Å². The van der Waals surface area contributed by atoms with E-state index >= 15 is 0 Å². The van der Waals surface area contributed by atoms with Crippen LogP contribution in [0.1, 0.15) is 19.5 Å². The summed E-state index contributed by atoms with van der Waals surface area (Å²) in [5.41, 5.74) is 6.24. The molecule has 0 atom stereocenters. The molecule has 5 nitrogen and oxygen atoms in total. The van der Waals surface area contributed by atoms with Gasteiger partial charge in [0.2, 0.25) is 0 Å². The monoisotopic (exact) mass is 213 g/mol. The van der Waals surface area contributed by atoms with Crippen LogP contribution in [-0.4, -0.2) is 31.3 Å². The average Bonchev–Trinajstić information content (AvgIpc) is 2.73. The Morgan fingerprint density at radius 2 is 2.33 bits per heavy atom. The third-order valence-corrected chi connectivity index (χ3v) is 2.11. The van der Waals surface area contributed by atoms with E-state index in [0.717, 1.165) is 25.4 Å². The standard InChI is InChI=1S/C10H19N3O2/c1-3-13(5-6-14-4-2)10-12-9(7-11)8-15-10/h8H,3-7,11H2,1-2H3. The van der Waals surface area contributed by atoms with Crippen LogP contribution in [0.25, 0.3) is 0 Å². The lowest BCUT2D eigenvalue weighted by atomic mass is 10.5. The largest absolute Gasteiger partial charge is 0.432 e. The van der Waals surface area contributed by atoms with E-state index in [0.29, 0.717) is 19.2 Å². The van der Waals surface area contributed by atoms with Gasteiger partial charge in [-0.3, -0.25) is 0 Å². The summed E-state index contributed by atoms with van der Waals surface area (Å²) in [6, 6.07) is 0.623. The summed E-state index contributed by atoms with van der Waals surface area (Å²) in [6.07, 6.45) is 1.60. The zero-order valence-electron chi connectivity index (χ0n) is 9.40. The molecule has 0 fully saturated rings. The summed E-state index contributed by atoms with van der Waals surface area (Å²) in [4.78, 5) is 6.28. The Balaban J connectivity index is 2.49. The second-order valence-corrected chi connectivity index (χ2v) is 3.10. The molecule has 0 aliphatic heterocycles. The van der Waals surface area contributed by atoms with Gasteiger partial charge in [-0.25, -0.2) is 0 Å². The molecule has 1 aromatic heterocycles. The number of ether oxygens (including phenoxy) is 1. The Morgan fingerprint density at radius 3 is 2.87 bits per heavy atom. The molecule has 0 radical (unpaired) electrons. The molecule has 0 saturated heterocycles. The second kappa shape index (κ2) is 6.42. The maximum absolute atomic E-state index is 5.46. The van der Waals surface area contributed by atoms with E-state index in [9.17, 15) is 0 Å². The Hall–Kier alpha value is -1.07. The van der Waals surface area contributed by atoms with Crippen LogP contribution in [0.5, 0.6) is 0 Å². The predicted octanol–water partition coefficient (Wildman–Crippen LogP) is 0.996. The van der Waals surface area contributed by atoms with Crippen molar-refractivity contribution >= 4 is 6.01 Å². The second-order valence-electron chi connectivity index (χ2n) is 3.10. The van der Waals surface area contributed by atoms with Crippen LogP contribution in [-0.2, 0) is 11.3 Å². The molecule has 0 spiro atoms. The lowest BCUT2D eigenvalue weighted by Gasteiger charge is -2.17. The first-order valence-corrected chi connectivity index (χ1v) is 5.29. The van der Waals surface area contributed by atoms with Crippen molar-refractivity contribution in [1.82, 2.24) is 4.98 Å². The molecule has 0 saturated carbocycles. The van der Waals surface area contributed by atoms with Gasteiger partial charge in [0, 0.05) is 26.2 Å². The van der Waals surface area contributed by atoms with Crippen LogP contribution in [0.2, 0.25) is 0 Å². The van der Waals surface area contributed by atoms with Gasteiger partial charge < -0.3 is 19.8 Å². The Labute approximate surface area is 90.2 Å². The summed E-state index contributed by atoms with van der Waals surface area (Å²) >= 11 is 0. The first-order chi connectivity index (χ1) is 7.31. The minimum Gasteiger partial charge on any atom is -0.432 e. The van der Waals surface area contributed by atoms with Gasteiger partial charge in [0.15, 0.2) is 0 Å². The van der Waals surface area contributed by atoms with Crippen LogP contribution in [0.4, 0.5) is 6.01 Å². The van der Waals surface area contributed by atoms with Gasteiger partial charge >= 0.3 is 0 Å². The highest BCUT2D eigenvalue weighted by molar-refractivity contribution is 5.26. The van der Waals surface area contributed by atoms with E-state index in [2.05, 4.69) is 11.9 Å². The number of anilines is 1. The van der Waals surface area contributed by atoms with Gasteiger partial charge in [-0.1, -0.05) is 0 Å². The van der Waals surface area contributed by atoms with E-state index in [1.165, 1.54) is 0 Å². The molecule has 1 rings (SSSR count). The lowest BCUT2D eigenvalue weighted by Crippen LogP contribution is -2.27. The van der Waals surface area contributed by atoms with Crippen molar-refractivity contribution in [2.75, 3.05) is 31.2 Å². The molecule has 5 heteroatoms. The van der Waals surface area contributed by atoms with Gasteiger partial charge in [0.25, 0.3) is 6.01 Å².